The number of hydrogen-bond donors (Lipinski definition) is 4. The number of carbonyl (C=O) groups is 1. The molecule has 0 fully saturated rings. The first-order valence-electron chi connectivity index (χ1n) is 7.34. The Labute approximate surface area is 145 Å². The van der Waals surface area contributed by atoms with Gasteiger partial charge in [-0.25, -0.2) is 23.2 Å². The van der Waals surface area contributed by atoms with E-state index in [9.17, 15) is 13.2 Å². The van der Waals surface area contributed by atoms with Gasteiger partial charge < -0.3 is 21.5 Å². The summed E-state index contributed by atoms with van der Waals surface area (Å²) in [6, 6.07) is 7.65. The molecule has 0 unspecified atom stereocenters. The van der Waals surface area contributed by atoms with Gasteiger partial charge in [0.15, 0.2) is 15.7 Å². The number of nitrogen functional groups attached to an aromatic ring is 1. The molecule has 25 heavy (non-hydrogen) atoms. The summed E-state index contributed by atoms with van der Waals surface area (Å²) in [6.45, 7) is 0.0130. The zero-order valence-corrected chi connectivity index (χ0v) is 14.4. The molecule has 134 valence electrons. The van der Waals surface area contributed by atoms with Gasteiger partial charge in [0.1, 0.15) is 5.82 Å². The van der Waals surface area contributed by atoms with Gasteiger partial charge in [0, 0.05) is 30.1 Å². The first-order valence-corrected chi connectivity index (χ1v) is 9.40. The van der Waals surface area contributed by atoms with Crippen molar-refractivity contribution in [3.63, 3.8) is 0 Å². The molecule has 0 spiro atoms. The molecule has 2 amide bonds. The number of nitrogens with one attached hydrogen (secondary N) is 2. The Morgan fingerprint density at radius 1 is 1.24 bits per heavy atom. The van der Waals surface area contributed by atoms with Crippen LogP contribution in [0.2, 0.25) is 0 Å². The molecule has 9 nitrogen and oxygen atoms in total. The number of sulfone groups is 1. The highest BCUT2D eigenvalue weighted by Gasteiger charge is 2.11. The summed E-state index contributed by atoms with van der Waals surface area (Å²) in [7, 11) is -3.24. The van der Waals surface area contributed by atoms with Crippen molar-refractivity contribution >= 4 is 27.4 Å². The van der Waals surface area contributed by atoms with Crippen LogP contribution >= 0.6 is 0 Å². The first-order chi connectivity index (χ1) is 11.8. The molecule has 1 heterocycles. The maximum atomic E-state index is 11.5. The fourth-order valence-corrected chi connectivity index (χ4v) is 2.72. The number of benzene rings is 1. The van der Waals surface area contributed by atoms with Gasteiger partial charge in [0.25, 0.3) is 0 Å². The van der Waals surface area contributed by atoms with Crippen molar-refractivity contribution < 1.29 is 18.3 Å². The van der Waals surface area contributed by atoms with Crippen molar-refractivity contribution in [3.8, 4) is 11.4 Å². The molecule has 1 aromatic carbocycles. The Morgan fingerprint density at radius 3 is 2.52 bits per heavy atom. The number of aromatic nitrogens is 2. The van der Waals surface area contributed by atoms with Crippen LogP contribution in [0, 0.1) is 0 Å². The van der Waals surface area contributed by atoms with E-state index < -0.39 is 15.9 Å². The Balaban J connectivity index is 2.18. The van der Waals surface area contributed by atoms with Crippen LogP contribution < -0.4 is 16.4 Å². The monoisotopic (exact) mass is 365 g/mol. The van der Waals surface area contributed by atoms with E-state index >= 15 is 0 Å². The van der Waals surface area contributed by atoms with E-state index in [4.69, 9.17) is 10.8 Å². The maximum Gasteiger partial charge on any atom is 0.319 e. The SMILES string of the molecule is CS(=O)(=O)Cc1cc(N)nc(-c2ccc(NC(=O)NCCO)cc2)n1. The molecule has 0 radical (unpaired) electrons. The Morgan fingerprint density at radius 2 is 1.92 bits per heavy atom. The Kier molecular flexibility index (Phi) is 5.88. The third-order valence-corrected chi connectivity index (χ3v) is 3.83. The smallest absolute Gasteiger partial charge is 0.319 e. The molecule has 2 rings (SSSR count). The average molecular weight is 365 g/mol. The fourth-order valence-electron chi connectivity index (χ4n) is 2.04. The highest BCUT2D eigenvalue weighted by atomic mass is 32.2. The van der Waals surface area contributed by atoms with E-state index in [0.717, 1.165) is 6.26 Å². The molecule has 0 aliphatic rings. The van der Waals surface area contributed by atoms with Gasteiger partial charge in [-0.3, -0.25) is 0 Å². The van der Waals surface area contributed by atoms with Crippen molar-refractivity contribution in [1.29, 1.82) is 0 Å². The minimum Gasteiger partial charge on any atom is -0.395 e. The summed E-state index contributed by atoms with van der Waals surface area (Å²) in [6.07, 6.45) is 1.12. The van der Waals surface area contributed by atoms with E-state index in [1.807, 2.05) is 0 Å². The lowest BCUT2D eigenvalue weighted by atomic mass is 10.2. The molecule has 0 bridgehead atoms. The van der Waals surface area contributed by atoms with E-state index in [1.54, 1.807) is 24.3 Å². The lowest BCUT2D eigenvalue weighted by molar-refractivity contribution is 0.245. The Hall–Kier alpha value is -2.72. The van der Waals surface area contributed by atoms with Gasteiger partial charge in [0.2, 0.25) is 0 Å². The van der Waals surface area contributed by atoms with Crippen molar-refractivity contribution in [1.82, 2.24) is 15.3 Å². The van der Waals surface area contributed by atoms with E-state index in [2.05, 4.69) is 20.6 Å². The van der Waals surface area contributed by atoms with Crippen molar-refractivity contribution in [2.75, 3.05) is 30.5 Å². The number of aliphatic hydroxyl groups excluding tert-OH is 1. The zero-order chi connectivity index (χ0) is 18.4. The van der Waals surface area contributed by atoms with Gasteiger partial charge in [0.05, 0.1) is 18.1 Å². The minimum atomic E-state index is -3.24. The molecular formula is C15H19N5O4S. The van der Waals surface area contributed by atoms with Crippen molar-refractivity contribution in [2.24, 2.45) is 0 Å². The quantitative estimate of drug-likeness (QED) is 0.578. The third kappa shape index (κ3) is 6.01. The number of anilines is 2. The molecule has 0 saturated heterocycles. The molecular weight excluding hydrogens is 346 g/mol. The molecule has 0 aliphatic carbocycles. The Bertz CT molecular complexity index is 853. The van der Waals surface area contributed by atoms with Crippen LogP contribution in [-0.4, -0.2) is 48.9 Å². The van der Waals surface area contributed by atoms with Gasteiger partial charge in [-0.05, 0) is 24.3 Å². The molecule has 2 aromatic rings. The molecule has 10 heteroatoms. The van der Waals surface area contributed by atoms with Crippen LogP contribution in [0.3, 0.4) is 0 Å². The van der Waals surface area contributed by atoms with Crippen LogP contribution in [0.5, 0.6) is 0 Å². The normalized spacial score (nSPS) is 11.1. The number of hydrogen-bond acceptors (Lipinski definition) is 7. The second kappa shape index (κ2) is 7.90. The van der Waals surface area contributed by atoms with Crippen LogP contribution in [0.15, 0.2) is 30.3 Å². The van der Waals surface area contributed by atoms with Gasteiger partial charge in [-0.15, -0.1) is 0 Å². The lowest BCUT2D eigenvalue weighted by Gasteiger charge is -2.08. The fraction of sp³-hybridized carbons (Fsp3) is 0.267. The van der Waals surface area contributed by atoms with Crippen LogP contribution in [0.1, 0.15) is 5.69 Å². The summed E-state index contributed by atoms with van der Waals surface area (Å²) >= 11 is 0. The number of urea groups is 1. The standard InChI is InChI=1S/C15H19N5O4S/c1-25(23,24)9-12-8-13(16)20-14(18-12)10-2-4-11(5-3-10)19-15(22)17-6-7-21/h2-5,8,21H,6-7,9H2,1H3,(H2,16,18,20)(H2,17,19,22). The zero-order valence-electron chi connectivity index (χ0n) is 13.6. The van der Waals surface area contributed by atoms with Gasteiger partial charge in [-0.1, -0.05) is 0 Å². The van der Waals surface area contributed by atoms with Gasteiger partial charge in [-0.2, -0.15) is 0 Å². The minimum absolute atomic E-state index is 0.144. The molecule has 0 atom stereocenters. The summed E-state index contributed by atoms with van der Waals surface area (Å²) in [5.74, 6) is 0.251. The first kappa shape index (κ1) is 18.6. The van der Waals surface area contributed by atoms with E-state index in [-0.39, 0.29) is 24.7 Å². The van der Waals surface area contributed by atoms with E-state index in [0.29, 0.717) is 22.8 Å². The lowest BCUT2D eigenvalue weighted by Crippen LogP contribution is -2.30. The number of nitrogens with two attached hydrogens (primary N) is 1. The molecule has 0 aliphatic heterocycles. The summed E-state index contributed by atoms with van der Waals surface area (Å²) in [4.78, 5) is 19.8. The number of nitrogens with zero attached hydrogens (tertiary/aromatic N) is 2. The number of amides is 2. The van der Waals surface area contributed by atoms with Crippen LogP contribution in [-0.2, 0) is 15.6 Å². The van der Waals surface area contributed by atoms with Crippen molar-refractivity contribution in [3.05, 3.63) is 36.0 Å². The average Bonchev–Trinajstić information content (AvgIpc) is 2.51. The van der Waals surface area contributed by atoms with Crippen molar-refractivity contribution in [2.45, 2.75) is 5.75 Å². The third-order valence-electron chi connectivity index (χ3n) is 3.01. The molecule has 1 aromatic heterocycles. The maximum absolute atomic E-state index is 11.5. The predicted octanol–water partition coefficient (Wildman–Crippen LogP) is 0.384. The summed E-state index contributed by atoms with van der Waals surface area (Å²) < 4.78 is 22.8. The van der Waals surface area contributed by atoms with Crippen LogP contribution in [0.4, 0.5) is 16.3 Å². The number of carbonyl (C=O) groups excluding carboxylic acids is 1. The summed E-state index contributed by atoms with van der Waals surface area (Å²) in [5.41, 5.74) is 7.21. The summed E-state index contributed by atoms with van der Waals surface area (Å²) in [5, 5.41) is 13.7. The topological polar surface area (TPSA) is 147 Å². The highest BCUT2D eigenvalue weighted by molar-refractivity contribution is 7.89. The predicted molar refractivity (Wildman–Crippen MR) is 94.5 cm³/mol. The number of aliphatic hydroxyl groups is 1. The second-order valence-corrected chi connectivity index (χ2v) is 7.50. The van der Waals surface area contributed by atoms with E-state index in [1.165, 1.54) is 6.07 Å². The van der Waals surface area contributed by atoms with Gasteiger partial charge >= 0.3 is 6.03 Å². The largest absolute Gasteiger partial charge is 0.395 e. The molecule has 5 N–H and O–H groups in total. The van der Waals surface area contributed by atoms with Crippen LogP contribution in [0.25, 0.3) is 11.4 Å². The second-order valence-electron chi connectivity index (χ2n) is 5.36. The number of rotatable bonds is 6. The molecule has 0 saturated carbocycles. The highest BCUT2D eigenvalue weighted by Crippen LogP contribution is 2.20.